The molecule has 0 spiro atoms. The summed E-state index contributed by atoms with van der Waals surface area (Å²) in [4.78, 5) is 21.9. The Balaban J connectivity index is 2.33. The Bertz CT molecular complexity index is 471. The molecule has 9 heteroatoms. The Labute approximate surface area is 130 Å². The van der Waals surface area contributed by atoms with Crippen LogP contribution >= 0.6 is 34.9 Å². The number of nitrogens with zero attached hydrogens (tertiary/aromatic N) is 2. The molecule has 1 amide bonds. The monoisotopic (exact) mass is 334 g/mol. The maximum absolute atomic E-state index is 11.6. The van der Waals surface area contributed by atoms with Gasteiger partial charge in [-0.1, -0.05) is 34.9 Å². The van der Waals surface area contributed by atoms with Crippen molar-refractivity contribution in [1.82, 2.24) is 15.5 Å². The van der Waals surface area contributed by atoms with Crippen molar-refractivity contribution in [3.05, 3.63) is 0 Å². The minimum Gasteiger partial charge on any atom is -0.550 e. The third kappa shape index (κ3) is 7.71. The molecule has 0 saturated carbocycles. The van der Waals surface area contributed by atoms with Crippen LogP contribution in [0.25, 0.3) is 0 Å². The van der Waals surface area contributed by atoms with E-state index in [2.05, 4.69) is 15.5 Å². The number of carbonyl (C=O) groups is 2. The van der Waals surface area contributed by atoms with Crippen molar-refractivity contribution in [3.63, 3.8) is 0 Å². The van der Waals surface area contributed by atoms with Gasteiger partial charge in [-0.3, -0.25) is 4.79 Å². The van der Waals surface area contributed by atoms with Crippen LogP contribution in [-0.2, 0) is 9.59 Å². The molecule has 0 aliphatic carbocycles. The fourth-order valence-corrected chi connectivity index (χ4v) is 3.93. The normalized spacial score (nSPS) is 11.3. The fraction of sp³-hybridized carbons (Fsp3) is 0.636. The highest BCUT2D eigenvalue weighted by atomic mass is 32.2. The van der Waals surface area contributed by atoms with Gasteiger partial charge in [-0.05, 0) is 27.2 Å². The van der Waals surface area contributed by atoms with Crippen LogP contribution < -0.4 is 10.4 Å². The van der Waals surface area contributed by atoms with Crippen LogP contribution in [0.15, 0.2) is 8.68 Å². The van der Waals surface area contributed by atoms with E-state index in [1.807, 2.05) is 20.8 Å². The predicted molar refractivity (Wildman–Crippen MR) is 78.9 cm³/mol. The van der Waals surface area contributed by atoms with E-state index in [-0.39, 0.29) is 23.6 Å². The number of hydrogen-bond donors (Lipinski definition) is 1. The minimum absolute atomic E-state index is 0.0132. The second-order valence-electron chi connectivity index (χ2n) is 4.89. The molecule has 1 heterocycles. The molecule has 0 aromatic carbocycles. The molecule has 0 bridgehead atoms. The minimum atomic E-state index is -1.07. The maximum atomic E-state index is 11.6. The van der Waals surface area contributed by atoms with E-state index in [0.717, 1.165) is 0 Å². The van der Waals surface area contributed by atoms with Crippen molar-refractivity contribution in [2.75, 3.05) is 11.5 Å². The topological polar surface area (TPSA) is 95.0 Å². The van der Waals surface area contributed by atoms with Gasteiger partial charge < -0.3 is 15.2 Å². The largest absolute Gasteiger partial charge is 0.550 e. The highest BCUT2D eigenvalue weighted by Gasteiger charge is 2.14. The van der Waals surface area contributed by atoms with Gasteiger partial charge in [0.25, 0.3) is 0 Å². The number of aliphatic carboxylic acids is 1. The van der Waals surface area contributed by atoms with Crippen LogP contribution in [0.3, 0.4) is 0 Å². The van der Waals surface area contributed by atoms with Gasteiger partial charge in [0, 0.05) is 17.3 Å². The molecule has 0 saturated heterocycles. The molecular formula is C11H16N3O3S3-. The summed E-state index contributed by atoms with van der Waals surface area (Å²) in [5, 5.41) is 21.0. The molecule has 1 N–H and O–H groups in total. The molecule has 1 rings (SSSR count). The Morgan fingerprint density at radius 1 is 1.25 bits per heavy atom. The molecule has 1 aromatic rings. The Morgan fingerprint density at radius 2 is 1.85 bits per heavy atom. The second kappa shape index (κ2) is 7.84. The zero-order chi connectivity index (χ0) is 15.2. The average molecular weight is 334 g/mol. The van der Waals surface area contributed by atoms with Crippen molar-refractivity contribution >= 4 is 46.7 Å². The van der Waals surface area contributed by atoms with Crippen LogP contribution in [0.2, 0.25) is 0 Å². The number of carboxylic acid groups (broad SMARTS) is 1. The van der Waals surface area contributed by atoms with E-state index >= 15 is 0 Å². The van der Waals surface area contributed by atoms with E-state index in [9.17, 15) is 14.7 Å². The van der Waals surface area contributed by atoms with Crippen molar-refractivity contribution in [2.45, 2.75) is 41.4 Å². The van der Waals surface area contributed by atoms with Gasteiger partial charge in [0.2, 0.25) is 5.91 Å². The maximum Gasteiger partial charge on any atom is 0.230 e. The number of carboxylic acids is 1. The zero-order valence-corrected chi connectivity index (χ0v) is 13.9. The Morgan fingerprint density at radius 3 is 2.40 bits per heavy atom. The van der Waals surface area contributed by atoms with Crippen LogP contribution in [0, 0.1) is 0 Å². The molecule has 112 valence electrons. The summed E-state index contributed by atoms with van der Waals surface area (Å²) in [7, 11) is 0. The molecule has 0 aliphatic rings. The van der Waals surface area contributed by atoms with E-state index < -0.39 is 5.97 Å². The number of carbonyl (C=O) groups excluding carboxylic acids is 2. The van der Waals surface area contributed by atoms with Crippen LogP contribution in [0.1, 0.15) is 27.2 Å². The first-order valence-electron chi connectivity index (χ1n) is 5.86. The lowest BCUT2D eigenvalue weighted by molar-refractivity contribution is -0.305. The van der Waals surface area contributed by atoms with E-state index in [0.29, 0.717) is 14.4 Å². The standard InChI is InChI=1S/C11H17N3O3S3/c1-11(2,3)12-7(15)6-19-10-14-13-9(20-10)18-5-4-8(16)17/h4-6H2,1-3H3,(H,12,15)(H,16,17)/p-1. The molecule has 1 aromatic heterocycles. The molecule has 0 fully saturated rings. The number of thioether (sulfide) groups is 2. The van der Waals surface area contributed by atoms with Crippen LogP contribution in [-0.4, -0.2) is 39.1 Å². The van der Waals surface area contributed by atoms with Gasteiger partial charge in [-0.2, -0.15) is 0 Å². The van der Waals surface area contributed by atoms with Gasteiger partial charge in [-0.25, -0.2) is 0 Å². The van der Waals surface area contributed by atoms with Crippen LogP contribution in [0.4, 0.5) is 0 Å². The van der Waals surface area contributed by atoms with Gasteiger partial charge in [0.05, 0.1) is 5.75 Å². The summed E-state index contributed by atoms with van der Waals surface area (Å²) < 4.78 is 1.40. The molecule has 20 heavy (non-hydrogen) atoms. The lowest BCUT2D eigenvalue weighted by atomic mass is 10.1. The van der Waals surface area contributed by atoms with Gasteiger partial charge in [0.1, 0.15) is 0 Å². The van der Waals surface area contributed by atoms with Crippen molar-refractivity contribution in [3.8, 4) is 0 Å². The summed E-state index contributed by atoms with van der Waals surface area (Å²) in [6.07, 6.45) is -0.0132. The number of amides is 1. The van der Waals surface area contributed by atoms with Crippen molar-refractivity contribution in [1.29, 1.82) is 0 Å². The lowest BCUT2D eigenvalue weighted by Crippen LogP contribution is -2.41. The Kier molecular flexibility index (Phi) is 6.77. The highest BCUT2D eigenvalue weighted by Crippen LogP contribution is 2.28. The lowest BCUT2D eigenvalue weighted by Gasteiger charge is -2.19. The molecule has 0 unspecified atom stereocenters. The Hall–Kier alpha value is -0.800. The summed E-state index contributed by atoms with van der Waals surface area (Å²) in [5.74, 6) is -0.429. The van der Waals surface area contributed by atoms with E-state index in [4.69, 9.17) is 0 Å². The van der Waals surface area contributed by atoms with Crippen LogP contribution in [0.5, 0.6) is 0 Å². The number of rotatable bonds is 7. The third-order valence-corrected chi connectivity index (χ3v) is 4.95. The number of aromatic nitrogens is 2. The predicted octanol–water partition coefficient (Wildman–Crippen LogP) is 0.777. The van der Waals surface area contributed by atoms with E-state index in [1.54, 1.807) is 0 Å². The number of hydrogen-bond acceptors (Lipinski definition) is 8. The SMILES string of the molecule is CC(C)(C)NC(=O)CSc1nnc(SCCC(=O)[O-])s1. The van der Waals surface area contributed by atoms with Crippen molar-refractivity contribution < 1.29 is 14.7 Å². The zero-order valence-electron chi connectivity index (χ0n) is 11.5. The smallest absolute Gasteiger partial charge is 0.230 e. The molecule has 0 aliphatic heterocycles. The summed E-state index contributed by atoms with van der Waals surface area (Å²) >= 11 is 4.00. The first-order valence-corrected chi connectivity index (χ1v) is 8.65. The molecule has 0 radical (unpaired) electrons. The second-order valence-corrected chi connectivity index (χ2v) is 8.43. The van der Waals surface area contributed by atoms with E-state index in [1.165, 1.54) is 34.9 Å². The first-order chi connectivity index (χ1) is 9.26. The highest BCUT2D eigenvalue weighted by molar-refractivity contribution is 8.03. The van der Waals surface area contributed by atoms with Gasteiger partial charge in [-0.15, -0.1) is 10.2 Å². The fourth-order valence-electron chi connectivity index (χ4n) is 1.12. The van der Waals surface area contributed by atoms with Crippen molar-refractivity contribution in [2.24, 2.45) is 0 Å². The molecule has 0 atom stereocenters. The summed E-state index contributed by atoms with van der Waals surface area (Å²) in [5.41, 5.74) is -0.245. The molecular weight excluding hydrogens is 318 g/mol. The first kappa shape index (κ1) is 17.3. The van der Waals surface area contributed by atoms with Gasteiger partial charge >= 0.3 is 0 Å². The quantitative estimate of drug-likeness (QED) is 0.736. The third-order valence-electron chi connectivity index (χ3n) is 1.76. The summed E-state index contributed by atoms with van der Waals surface area (Å²) in [6.45, 7) is 5.77. The average Bonchev–Trinajstić information content (AvgIpc) is 2.71. The summed E-state index contributed by atoms with van der Waals surface area (Å²) in [6, 6.07) is 0. The molecule has 6 nitrogen and oxygen atoms in total. The number of nitrogens with one attached hydrogen (secondary N) is 1. The van der Waals surface area contributed by atoms with Gasteiger partial charge in [0.15, 0.2) is 8.68 Å².